The second-order valence-electron chi connectivity index (χ2n) is 4.83. The van der Waals surface area contributed by atoms with Gasteiger partial charge in [0, 0.05) is 6.54 Å². The Kier molecular flexibility index (Phi) is 2.48. The van der Waals surface area contributed by atoms with Crippen molar-refractivity contribution in [1.82, 2.24) is 9.97 Å². The Bertz CT molecular complexity index is 414. The minimum atomic E-state index is 0.239. The van der Waals surface area contributed by atoms with Crippen LogP contribution in [0.15, 0.2) is 6.20 Å². The van der Waals surface area contributed by atoms with Crippen LogP contribution < -0.4 is 5.32 Å². The quantitative estimate of drug-likeness (QED) is 0.841. The number of nitrogens with one attached hydrogen (secondary N) is 1. The summed E-state index contributed by atoms with van der Waals surface area (Å²) in [6.45, 7) is 0.963. The predicted molar refractivity (Wildman–Crippen MR) is 64.9 cm³/mol. The number of hydrogen-bond donors (Lipinski definition) is 1. The molecule has 5 heteroatoms. The van der Waals surface area contributed by atoms with Crippen LogP contribution in [0.3, 0.4) is 0 Å². The molecule has 0 saturated heterocycles. The molecule has 3 nitrogen and oxygen atoms in total. The number of rotatable bonds is 4. The lowest BCUT2D eigenvalue weighted by molar-refractivity contribution is 0.466. The van der Waals surface area contributed by atoms with Gasteiger partial charge < -0.3 is 5.32 Å². The first kappa shape index (κ1) is 10.6. The van der Waals surface area contributed by atoms with Gasteiger partial charge in [0.2, 0.25) is 5.28 Å². The molecule has 2 aliphatic carbocycles. The van der Waals surface area contributed by atoms with Gasteiger partial charge in [0.25, 0.3) is 0 Å². The Morgan fingerprint density at radius 1 is 1.38 bits per heavy atom. The lowest BCUT2D eigenvalue weighted by Crippen LogP contribution is -2.18. The first-order valence-corrected chi connectivity index (χ1v) is 6.37. The zero-order valence-electron chi connectivity index (χ0n) is 8.84. The van der Waals surface area contributed by atoms with E-state index >= 15 is 0 Å². The molecule has 0 spiro atoms. The maximum atomic E-state index is 5.99. The van der Waals surface area contributed by atoms with E-state index in [0.717, 1.165) is 12.5 Å². The summed E-state index contributed by atoms with van der Waals surface area (Å²) in [6.07, 6.45) is 6.98. The summed E-state index contributed by atoms with van der Waals surface area (Å²) in [5, 5.41) is 4.09. The van der Waals surface area contributed by atoms with Gasteiger partial charge in [-0.15, -0.1) is 0 Å². The molecular formula is C11H13Cl2N3. The fourth-order valence-electron chi connectivity index (χ4n) is 2.31. The predicted octanol–water partition coefficient (Wildman–Crippen LogP) is 3.39. The Labute approximate surface area is 105 Å². The Balaban J connectivity index is 1.67. The first-order chi connectivity index (χ1) is 7.70. The molecule has 3 rings (SSSR count). The molecule has 1 N–H and O–H groups in total. The van der Waals surface area contributed by atoms with Gasteiger partial charge in [0.15, 0.2) is 0 Å². The summed E-state index contributed by atoms with van der Waals surface area (Å²) in [4.78, 5) is 7.92. The average molecular weight is 258 g/mol. The third-order valence-electron chi connectivity index (χ3n) is 3.66. The highest BCUT2D eigenvalue weighted by molar-refractivity contribution is 6.33. The van der Waals surface area contributed by atoms with Crippen LogP contribution in [-0.2, 0) is 0 Å². The number of halogens is 2. The van der Waals surface area contributed by atoms with Crippen LogP contribution in [0.5, 0.6) is 0 Å². The van der Waals surface area contributed by atoms with Crippen LogP contribution in [0.1, 0.15) is 25.7 Å². The molecule has 0 bridgehead atoms. The number of hydrogen-bond acceptors (Lipinski definition) is 3. The van der Waals surface area contributed by atoms with Gasteiger partial charge in [0.05, 0.1) is 6.20 Å². The van der Waals surface area contributed by atoms with E-state index in [1.165, 1.54) is 31.9 Å². The highest BCUT2D eigenvalue weighted by atomic mass is 35.5. The second-order valence-corrected chi connectivity index (χ2v) is 5.57. The molecule has 1 heterocycles. The minimum absolute atomic E-state index is 0.239. The maximum Gasteiger partial charge on any atom is 0.224 e. The lowest BCUT2D eigenvalue weighted by atomic mass is 10.0. The highest BCUT2D eigenvalue weighted by Crippen LogP contribution is 2.61. The van der Waals surface area contributed by atoms with Crippen molar-refractivity contribution in [1.29, 1.82) is 0 Å². The summed E-state index contributed by atoms with van der Waals surface area (Å²) < 4.78 is 0. The lowest BCUT2D eigenvalue weighted by Gasteiger charge is -2.15. The summed E-state index contributed by atoms with van der Waals surface area (Å²) in [6, 6.07) is 0. The fourth-order valence-corrected chi connectivity index (χ4v) is 2.61. The smallest absolute Gasteiger partial charge is 0.224 e. The van der Waals surface area contributed by atoms with Gasteiger partial charge in [-0.25, -0.2) is 4.98 Å². The minimum Gasteiger partial charge on any atom is -0.368 e. The summed E-state index contributed by atoms with van der Waals surface area (Å²) in [7, 11) is 0. The van der Waals surface area contributed by atoms with E-state index in [0.29, 0.717) is 16.3 Å². The van der Waals surface area contributed by atoms with Crippen molar-refractivity contribution in [2.75, 3.05) is 11.9 Å². The van der Waals surface area contributed by atoms with Crippen molar-refractivity contribution >= 4 is 29.0 Å². The Morgan fingerprint density at radius 3 is 2.75 bits per heavy atom. The van der Waals surface area contributed by atoms with Crippen molar-refractivity contribution in [3.8, 4) is 0 Å². The molecule has 0 unspecified atom stereocenters. The van der Waals surface area contributed by atoms with Crippen molar-refractivity contribution in [2.24, 2.45) is 11.3 Å². The molecule has 2 aliphatic rings. The van der Waals surface area contributed by atoms with Crippen molar-refractivity contribution in [3.63, 3.8) is 0 Å². The third-order valence-corrected chi connectivity index (χ3v) is 4.12. The third kappa shape index (κ3) is 1.98. The molecule has 2 saturated carbocycles. The Hall–Kier alpha value is -0.540. The Morgan fingerprint density at radius 2 is 2.12 bits per heavy atom. The van der Waals surface area contributed by atoms with E-state index in [4.69, 9.17) is 23.2 Å². The van der Waals surface area contributed by atoms with E-state index in [1.807, 2.05) is 0 Å². The van der Waals surface area contributed by atoms with E-state index in [1.54, 1.807) is 0 Å². The molecule has 16 heavy (non-hydrogen) atoms. The number of nitrogens with zero attached hydrogens (tertiary/aromatic N) is 2. The summed E-state index contributed by atoms with van der Waals surface area (Å²) in [5.41, 5.74) is 0.529. The first-order valence-electron chi connectivity index (χ1n) is 5.62. The molecule has 0 amide bonds. The standard InChI is InChI=1S/C11H13Cl2N3/c12-8-5-14-10(13)16-9(8)15-6-11(3-4-11)7-1-2-7/h5,7H,1-4,6H2,(H,14,15,16). The van der Waals surface area contributed by atoms with Crippen LogP contribution in [0.25, 0.3) is 0 Å². The topological polar surface area (TPSA) is 37.8 Å². The fraction of sp³-hybridized carbons (Fsp3) is 0.636. The molecule has 0 radical (unpaired) electrons. The summed E-state index contributed by atoms with van der Waals surface area (Å²) >= 11 is 11.7. The largest absolute Gasteiger partial charge is 0.368 e. The van der Waals surface area contributed by atoms with Crippen LogP contribution in [0.4, 0.5) is 5.82 Å². The number of anilines is 1. The zero-order chi connectivity index (χ0) is 11.2. The molecule has 0 atom stereocenters. The van der Waals surface area contributed by atoms with Gasteiger partial charge >= 0.3 is 0 Å². The molecule has 1 aromatic heterocycles. The van der Waals surface area contributed by atoms with Gasteiger partial charge in [-0.1, -0.05) is 11.6 Å². The van der Waals surface area contributed by atoms with Crippen LogP contribution in [0, 0.1) is 11.3 Å². The normalized spacial score (nSPS) is 21.9. The molecule has 0 aromatic carbocycles. The van der Waals surface area contributed by atoms with Gasteiger partial charge in [-0.2, -0.15) is 4.98 Å². The SMILES string of the molecule is Clc1ncc(Cl)c(NCC2(C3CC3)CC2)n1. The van der Waals surface area contributed by atoms with Crippen molar-refractivity contribution < 1.29 is 0 Å². The maximum absolute atomic E-state index is 5.99. The molecule has 0 aliphatic heterocycles. The van der Waals surface area contributed by atoms with Gasteiger partial charge in [-0.3, -0.25) is 0 Å². The van der Waals surface area contributed by atoms with E-state index in [2.05, 4.69) is 15.3 Å². The number of aromatic nitrogens is 2. The second kappa shape index (κ2) is 3.74. The zero-order valence-corrected chi connectivity index (χ0v) is 10.4. The highest BCUT2D eigenvalue weighted by Gasteiger charge is 2.53. The van der Waals surface area contributed by atoms with E-state index in [-0.39, 0.29) is 5.28 Å². The monoisotopic (exact) mass is 257 g/mol. The summed E-state index contributed by atoms with van der Waals surface area (Å²) in [5.74, 6) is 1.59. The molecule has 86 valence electrons. The molecule has 1 aromatic rings. The van der Waals surface area contributed by atoms with E-state index < -0.39 is 0 Å². The van der Waals surface area contributed by atoms with Crippen LogP contribution in [-0.4, -0.2) is 16.5 Å². The van der Waals surface area contributed by atoms with Gasteiger partial charge in [0.1, 0.15) is 10.8 Å². The van der Waals surface area contributed by atoms with E-state index in [9.17, 15) is 0 Å². The van der Waals surface area contributed by atoms with Crippen LogP contribution >= 0.6 is 23.2 Å². The van der Waals surface area contributed by atoms with Crippen molar-refractivity contribution in [2.45, 2.75) is 25.7 Å². The van der Waals surface area contributed by atoms with Crippen molar-refractivity contribution in [3.05, 3.63) is 16.5 Å². The molecular weight excluding hydrogens is 245 g/mol. The molecule has 2 fully saturated rings. The van der Waals surface area contributed by atoms with Crippen LogP contribution in [0.2, 0.25) is 10.3 Å². The average Bonchev–Trinajstić information content (AvgIpc) is 3.13. The van der Waals surface area contributed by atoms with Gasteiger partial charge in [-0.05, 0) is 48.6 Å².